The Morgan fingerprint density at radius 1 is 1.14 bits per heavy atom. The Bertz CT molecular complexity index is 865. The molecule has 0 atom stereocenters. The van der Waals surface area contributed by atoms with Gasteiger partial charge in [-0.05, 0) is 37.1 Å². The van der Waals surface area contributed by atoms with Gasteiger partial charge in [0, 0.05) is 25.3 Å². The van der Waals surface area contributed by atoms with E-state index in [9.17, 15) is 26.7 Å². The first-order valence-corrected chi connectivity index (χ1v) is 8.76. The van der Waals surface area contributed by atoms with Crippen molar-refractivity contribution in [2.75, 3.05) is 18.0 Å². The van der Waals surface area contributed by atoms with E-state index in [0.717, 1.165) is 24.4 Å². The van der Waals surface area contributed by atoms with Gasteiger partial charge in [0.1, 0.15) is 5.82 Å². The number of nitrogens with zero attached hydrogens (tertiary/aromatic N) is 2. The Hall–Kier alpha value is -2.42. The molecule has 1 aliphatic rings. The summed E-state index contributed by atoms with van der Waals surface area (Å²) in [4.78, 5) is 17.9. The lowest BCUT2D eigenvalue weighted by molar-refractivity contribution is -0.137. The largest absolute Gasteiger partial charge is 0.417 e. The van der Waals surface area contributed by atoms with Crippen molar-refractivity contribution >= 4 is 23.3 Å². The summed E-state index contributed by atoms with van der Waals surface area (Å²) in [6, 6.07) is 3.53. The Morgan fingerprint density at radius 3 is 2.36 bits per heavy atom. The molecule has 28 heavy (non-hydrogen) atoms. The second kappa shape index (κ2) is 7.90. The maximum atomic E-state index is 13.3. The van der Waals surface area contributed by atoms with Crippen LogP contribution in [0, 0.1) is 11.6 Å². The van der Waals surface area contributed by atoms with Crippen LogP contribution in [0.4, 0.5) is 27.8 Å². The second-order valence-corrected chi connectivity index (χ2v) is 6.79. The van der Waals surface area contributed by atoms with Crippen LogP contribution in [0.15, 0.2) is 30.5 Å². The molecule has 1 fully saturated rings. The summed E-state index contributed by atoms with van der Waals surface area (Å²) in [6.45, 7) is 0.934. The molecule has 1 aliphatic heterocycles. The molecule has 10 heteroatoms. The van der Waals surface area contributed by atoms with Crippen molar-refractivity contribution in [1.29, 1.82) is 0 Å². The number of carbonyl (C=O) groups excluding carboxylic acids is 1. The minimum absolute atomic E-state index is 0.160. The number of halogens is 6. The first-order chi connectivity index (χ1) is 13.1. The molecular formula is C18H15ClF5N3O. The molecule has 0 unspecified atom stereocenters. The number of carbonyl (C=O) groups is 1. The van der Waals surface area contributed by atoms with E-state index in [4.69, 9.17) is 11.6 Å². The summed E-state index contributed by atoms with van der Waals surface area (Å²) in [5, 5.41) is 2.52. The topological polar surface area (TPSA) is 45.2 Å². The van der Waals surface area contributed by atoms with Crippen molar-refractivity contribution in [2.24, 2.45) is 0 Å². The zero-order valence-electron chi connectivity index (χ0n) is 14.4. The van der Waals surface area contributed by atoms with Crippen LogP contribution in [0.5, 0.6) is 0 Å². The third-order valence-corrected chi connectivity index (χ3v) is 4.80. The third-order valence-electron chi connectivity index (χ3n) is 4.48. The van der Waals surface area contributed by atoms with Crippen molar-refractivity contribution < 1.29 is 26.7 Å². The molecule has 1 amide bonds. The van der Waals surface area contributed by atoms with Crippen LogP contribution < -0.4 is 10.2 Å². The van der Waals surface area contributed by atoms with E-state index < -0.39 is 29.3 Å². The monoisotopic (exact) mass is 419 g/mol. The lowest BCUT2D eigenvalue weighted by Gasteiger charge is -2.33. The van der Waals surface area contributed by atoms with Gasteiger partial charge in [0.25, 0.3) is 5.91 Å². The molecule has 0 aliphatic carbocycles. The van der Waals surface area contributed by atoms with Crippen LogP contribution in [0.2, 0.25) is 5.02 Å². The lowest BCUT2D eigenvalue weighted by atomic mass is 10.0. The third kappa shape index (κ3) is 4.52. The standard InChI is InChI=1S/C18H15ClF5N3O/c19-13-8-15(21)14(20)7-12(13)17(28)26-11-3-5-27(6-4-11)16-2-1-10(9-25-16)18(22,23)24/h1-2,7-9,11H,3-6H2,(H,26,28). The van der Waals surface area contributed by atoms with Crippen LogP contribution in [0.3, 0.4) is 0 Å². The molecule has 1 N–H and O–H groups in total. The maximum Gasteiger partial charge on any atom is 0.417 e. The highest BCUT2D eigenvalue weighted by atomic mass is 35.5. The molecule has 4 nitrogen and oxygen atoms in total. The minimum Gasteiger partial charge on any atom is -0.356 e. The number of amides is 1. The molecule has 2 aromatic rings. The molecule has 150 valence electrons. The van der Waals surface area contributed by atoms with Gasteiger partial charge in [0.2, 0.25) is 0 Å². The highest BCUT2D eigenvalue weighted by Gasteiger charge is 2.31. The van der Waals surface area contributed by atoms with Gasteiger partial charge in [-0.15, -0.1) is 0 Å². The van der Waals surface area contributed by atoms with E-state index in [0.29, 0.717) is 31.7 Å². The summed E-state index contributed by atoms with van der Waals surface area (Å²) in [5.74, 6) is -2.51. The number of anilines is 1. The number of alkyl halides is 3. The van der Waals surface area contributed by atoms with E-state index in [1.807, 2.05) is 4.90 Å². The number of pyridine rings is 1. The van der Waals surface area contributed by atoms with Gasteiger partial charge in [-0.3, -0.25) is 4.79 Å². The Morgan fingerprint density at radius 2 is 1.79 bits per heavy atom. The van der Waals surface area contributed by atoms with Crippen LogP contribution in [-0.4, -0.2) is 30.0 Å². The number of piperidine rings is 1. The molecule has 1 aromatic heterocycles. The van der Waals surface area contributed by atoms with E-state index in [-0.39, 0.29) is 16.6 Å². The molecule has 0 spiro atoms. The maximum absolute atomic E-state index is 13.3. The zero-order chi connectivity index (χ0) is 20.5. The summed E-state index contributed by atoms with van der Waals surface area (Å²) in [5.41, 5.74) is -0.978. The van der Waals surface area contributed by atoms with Crippen LogP contribution in [0.1, 0.15) is 28.8 Å². The minimum atomic E-state index is -4.44. The van der Waals surface area contributed by atoms with Crippen molar-refractivity contribution in [1.82, 2.24) is 10.3 Å². The van der Waals surface area contributed by atoms with Crippen molar-refractivity contribution in [3.63, 3.8) is 0 Å². The highest BCUT2D eigenvalue weighted by Crippen LogP contribution is 2.30. The van der Waals surface area contributed by atoms with Crippen LogP contribution in [0.25, 0.3) is 0 Å². The fraction of sp³-hybridized carbons (Fsp3) is 0.333. The first kappa shape index (κ1) is 20.3. The quantitative estimate of drug-likeness (QED) is 0.591. The molecule has 0 bridgehead atoms. The smallest absolute Gasteiger partial charge is 0.356 e. The number of hydrogen-bond acceptors (Lipinski definition) is 3. The summed E-state index contributed by atoms with van der Waals surface area (Å²) in [7, 11) is 0. The van der Waals surface area contributed by atoms with E-state index in [2.05, 4.69) is 10.3 Å². The highest BCUT2D eigenvalue weighted by molar-refractivity contribution is 6.33. The molecule has 0 radical (unpaired) electrons. The predicted octanol–water partition coefficient (Wildman–Crippen LogP) is 4.43. The van der Waals surface area contributed by atoms with E-state index in [1.165, 1.54) is 6.07 Å². The normalized spacial score (nSPS) is 15.6. The molecule has 1 saturated heterocycles. The van der Waals surface area contributed by atoms with Gasteiger partial charge in [-0.2, -0.15) is 13.2 Å². The summed E-state index contributed by atoms with van der Waals surface area (Å²) >= 11 is 5.80. The summed E-state index contributed by atoms with van der Waals surface area (Å²) < 4.78 is 64.3. The lowest BCUT2D eigenvalue weighted by Crippen LogP contribution is -2.45. The molecule has 1 aromatic carbocycles. The van der Waals surface area contributed by atoms with Gasteiger partial charge < -0.3 is 10.2 Å². The number of hydrogen-bond donors (Lipinski definition) is 1. The van der Waals surface area contributed by atoms with E-state index >= 15 is 0 Å². The van der Waals surface area contributed by atoms with Gasteiger partial charge in [-0.25, -0.2) is 13.8 Å². The Kier molecular flexibility index (Phi) is 5.74. The van der Waals surface area contributed by atoms with Crippen LogP contribution in [-0.2, 0) is 6.18 Å². The average Bonchev–Trinajstić information content (AvgIpc) is 2.64. The number of benzene rings is 1. The van der Waals surface area contributed by atoms with Crippen molar-refractivity contribution in [3.05, 3.63) is 58.2 Å². The Balaban J connectivity index is 1.58. The number of rotatable bonds is 3. The molecular weight excluding hydrogens is 405 g/mol. The van der Waals surface area contributed by atoms with Gasteiger partial charge in [0.15, 0.2) is 11.6 Å². The van der Waals surface area contributed by atoms with Gasteiger partial charge in [-0.1, -0.05) is 11.6 Å². The van der Waals surface area contributed by atoms with Crippen LogP contribution >= 0.6 is 11.6 Å². The van der Waals surface area contributed by atoms with Gasteiger partial charge in [0.05, 0.1) is 16.1 Å². The van der Waals surface area contributed by atoms with Crippen molar-refractivity contribution in [2.45, 2.75) is 25.1 Å². The SMILES string of the molecule is O=C(NC1CCN(c2ccc(C(F)(F)F)cn2)CC1)c1cc(F)c(F)cc1Cl. The number of nitrogens with one attached hydrogen (secondary N) is 1. The van der Waals surface area contributed by atoms with Crippen molar-refractivity contribution in [3.8, 4) is 0 Å². The first-order valence-electron chi connectivity index (χ1n) is 8.39. The summed E-state index contributed by atoms with van der Waals surface area (Å²) in [6.07, 6.45) is -2.64. The average molecular weight is 420 g/mol. The molecule has 0 saturated carbocycles. The van der Waals surface area contributed by atoms with Gasteiger partial charge >= 0.3 is 6.18 Å². The zero-order valence-corrected chi connectivity index (χ0v) is 15.1. The second-order valence-electron chi connectivity index (χ2n) is 6.38. The molecule has 2 heterocycles. The van der Waals surface area contributed by atoms with E-state index in [1.54, 1.807) is 0 Å². The fourth-order valence-electron chi connectivity index (χ4n) is 2.95. The Labute approximate surface area is 162 Å². The number of aromatic nitrogens is 1. The molecule has 3 rings (SSSR count). The predicted molar refractivity (Wildman–Crippen MR) is 93.3 cm³/mol. The fourth-order valence-corrected chi connectivity index (χ4v) is 3.19.